The molecule has 1 aliphatic rings. The zero-order valence-corrected chi connectivity index (χ0v) is 13.6. The summed E-state index contributed by atoms with van der Waals surface area (Å²) in [6.45, 7) is 4.14. The lowest BCUT2D eigenvalue weighted by Crippen LogP contribution is -2.46. The molecule has 1 saturated heterocycles. The number of piperidine rings is 1. The largest absolute Gasteiger partial charge is 0.491 e. The molecule has 1 aliphatic heterocycles. The topological polar surface area (TPSA) is 61.8 Å². The van der Waals surface area contributed by atoms with Crippen molar-refractivity contribution in [2.75, 3.05) is 26.2 Å². The van der Waals surface area contributed by atoms with E-state index in [1.165, 1.54) is 0 Å². The van der Waals surface area contributed by atoms with Gasteiger partial charge in [-0.2, -0.15) is 0 Å². The SMILES string of the molecule is CC(=O)NC1CCN(CC(O)COc2ccc(Cl)cc2)CC1. The first-order valence-electron chi connectivity index (χ1n) is 7.59. The van der Waals surface area contributed by atoms with Crippen LogP contribution in [0.5, 0.6) is 5.75 Å². The molecular formula is C16H23ClN2O3. The van der Waals surface area contributed by atoms with Crippen LogP contribution in [-0.4, -0.2) is 54.3 Å². The van der Waals surface area contributed by atoms with Crippen molar-refractivity contribution >= 4 is 17.5 Å². The minimum absolute atomic E-state index is 0.0230. The number of aliphatic hydroxyl groups excluding tert-OH is 1. The van der Waals surface area contributed by atoms with Crippen LogP contribution in [0.1, 0.15) is 19.8 Å². The van der Waals surface area contributed by atoms with Gasteiger partial charge in [-0.15, -0.1) is 0 Å². The Hall–Kier alpha value is -1.30. The van der Waals surface area contributed by atoms with Crippen LogP contribution in [0.25, 0.3) is 0 Å². The highest BCUT2D eigenvalue weighted by Gasteiger charge is 2.21. The molecule has 1 heterocycles. The minimum Gasteiger partial charge on any atom is -0.491 e. The fraction of sp³-hybridized carbons (Fsp3) is 0.562. The third kappa shape index (κ3) is 5.83. The van der Waals surface area contributed by atoms with Gasteiger partial charge < -0.3 is 20.1 Å². The smallest absolute Gasteiger partial charge is 0.217 e. The molecule has 22 heavy (non-hydrogen) atoms. The number of ether oxygens (including phenoxy) is 1. The van der Waals surface area contributed by atoms with Gasteiger partial charge in [0.15, 0.2) is 0 Å². The van der Waals surface area contributed by atoms with Crippen molar-refractivity contribution in [2.24, 2.45) is 0 Å². The lowest BCUT2D eigenvalue weighted by atomic mass is 10.0. The maximum atomic E-state index is 11.0. The number of nitrogens with zero attached hydrogens (tertiary/aromatic N) is 1. The van der Waals surface area contributed by atoms with Gasteiger partial charge in [0.1, 0.15) is 18.5 Å². The quantitative estimate of drug-likeness (QED) is 0.835. The van der Waals surface area contributed by atoms with Crippen LogP contribution in [0.2, 0.25) is 5.02 Å². The molecule has 1 amide bonds. The molecule has 1 aromatic carbocycles. The molecule has 0 aliphatic carbocycles. The number of likely N-dealkylation sites (tertiary alicyclic amines) is 1. The zero-order chi connectivity index (χ0) is 15.9. The van der Waals surface area contributed by atoms with E-state index in [0.717, 1.165) is 25.9 Å². The maximum Gasteiger partial charge on any atom is 0.217 e. The number of hydrogen-bond acceptors (Lipinski definition) is 4. The van der Waals surface area contributed by atoms with Crippen molar-refractivity contribution in [3.63, 3.8) is 0 Å². The summed E-state index contributed by atoms with van der Waals surface area (Å²) in [5, 5.41) is 13.7. The van der Waals surface area contributed by atoms with E-state index < -0.39 is 6.10 Å². The Morgan fingerprint density at radius 1 is 1.41 bits per heavy atom. The van der Waals surface area contributed by atoms with Crippen LogP contribution in [-0.2, 0) is 4.79 Å². The first-order valence-corrected chi connectivity index (χ1v) is 7.96. The monoisotopic (exact) mass is 326 g/mol. The highest BCUT2D eigenvalue weighted by atomic mass is 35.5. The number of benzene rings is 1. The summed E-state index contributed by atoms with van der Waals surface area (Å²) in [5.41, 5.74) is 0. The van der Waals surface area contributed by atoms with Crippen molar-refractivity contribution in [2.45, 2.75) is 31.9 Å². The molecule has 0 bridgehead atoms. The molecule has 0 spiro atoms. The average molecular weight is 327 g/mol. The average Bonchev–Trinajstić information content (AvgIpc) is 2.48. The van der Waals surface area contributed by atoms with E-state index in [1.54, 1.807) is 31.2 Å². The molecule has 0 saturated carbocycles. The number of hydrogen-bond donors (Lipinski definition) is 2. The number of carbonyl (C=O) groups is 1. The summed E-state index contributed by atoms with van der Waals surface area (Å²) in [7, 11) is 0. The molecule has 1 fully saturated rings. The number of β-amino-alcohol motifs (C(OH)–C–C–N with tert-alkyl or cyclic N) is 1. The van der Waals surface area contributed by atoms with Gasteiger partial charge in [0.2, 0.25) is 5.91 Å². The van der Waals surface area contributed by atoms with E-state index in [9.17, 15) is 9.90 Å². The van der Waals surface area contributed by atoms with Gasteiger partial charge >= 0.3 is 0 Å². The fourth-order valence-corrected chi connectivity index (χ4v) is 2.75. The van der Waals surface area contributed by atoms with Gasteiger partial charge in [0, 0.05) is 37.6 Å². The van der Waals surface area contributed by atoms with Crippen molar-refractivity contribution in [1.82, 2.24) is 10.2 Å². The summed E-state index contributed by atoms with van der Waals surface area (Å²) in [5.74, 6) is 0.725. The van der Waals surface area contributed by atoms with Crippen LogP contribution in [0.4, 0.5) is 0 Å². The lowest BCUT2D eigenvalue weighted by Gasteiger charge is -2.33. The summed E-state index contributed by atoms with van der Waals surface area (Å²) in [4.78, 5) is 13.2. The highest BCUT2D eigenvalue weighted by molar-refractivity contribution is 6.30. The molecule has 6 heteroatoms. The second kappa shape index (κ2) is 8.36. The molecule has 0 radical (unpaired) electrons. The molecule has 1 aromatic rings. The van der Waals surface area contributed by atoms with Gasteiger partial charge in [0.25, 0.3) is 0 Å². The minimum atomic E-state index is -0.534. The van der Waals surface area contributed by atoms with Crippen LogP contribution >= 0.6 is 11.6 Å². The summed E-state index contributed by atoms with van der Waals surface area (Å²) >= 11 is 5.81. The predicted octanol–water partition coefficient (Wildman–Crippen LogP) is 1.68. The van der Waals surface area contributed by atoms with E-state index in [4.69, 9.17) is 16.3 Å². The van der Waals surface area contributed by atoms with Gasteiger partial charge in [-0.1, -0.05) is 11.6 Å². The molecular weight excluding hydrogens is 304 g/mol. The Bertz CT molecular complexity index is 473. The van der Waals surface area contributed by atoms with Crippen LogP contribution in [0.15, 0.2) is 24.3 Å². The Morgan fingerprint density at radius 2 is 2.05 bits per heavy atom. The first kappa shape index (κ1) is 17.1. The van der Waals surface area contributed by atoms with E-state index in [-0.39, 0.29) is 18.6 Å². The molecule has 0 aromatic heterocycles. The van der Waals surface area contributed by atoms with Gasteiger partial charge in [0.05, 0.1) is 0 Å². The second-order valence-electron chi connectivity index (χ2n) is 5.69. The van der Waals surface area contributed by atoms with Crippen LogP contribution < -0.4 is 10.1 Å². The summed E-state index contributed by atoms with van der Waals surface area (Å²) in [6, 6.07) is 7.35. The fourth-order valence-electron chi connectivity index (χ4n) is 2.62. The molecule has 2 rings (SSSR count). The van der Waals surface area contributed by atoms with Crippen LogP contribution in [0.3, 0.4) is 0 Å². The Labute approximate surface area is 136 Å². The van der Waals surface area contributed by atoms with Crippen molar-refractivity contribution in [1.29, 1.82) is 0 Å². The number of halogens is 1. The standard InChI is InChI=1S/C16H23ClN2O3/c1-12(20)18-14-6-8-19(9-7-14)10-15(21)11-22-16-4-2-13(17)3-5-16/h2-5,14-15,21H,6-11H2,1H3,(H,18,20). The van der Waals surface area contributed by atoms with Gasteiger partial charge in [-0.3, -0.25) is 4.79 Å². The number of amides is 1. The Kier molecular flexibility index (Phi) is 6.49. The second-order valence-corrected chi connectivity index (χ2v) is 6.13. The molecule has 2 N–H and O–H groups in total. The van der Waals surface area contributed by atoms with E-state index in [0.29, 0.717) is 17.3 Å². The third-order valence-electron chi connectivity index (χ3n) is 3.72. The van der Waals surface area contributed by atoms with E-state index in [1.807, 2.05) is 0 Å². The zero-order valence-electron chi connectivity index (χ0n) is 12.8. The Balaban J connectivity index is 1.66. The van der Waals surface area contributed by atoms with Gasteiger partial charge in [-0.25, -0.2) is 0 Å². The third-order valence-corrected chi connectivity index (χ3v) is 3.97. The number of aliphatic hydroxyl groups is 1. The van der Waals surface area contributed by atoms with E-state index >= 15 is 0 Å². The number of carbonyl (C=O) groups excluding carboxylic acids is 1. The summed E-state index contributed by atoms with van der Waals surface area (Å²) < 4.78 is 5.55. The van der Waals surface area contributed by atoms with Crippen LogP contribution in [0, 0.1) is 0 Å². The molecule has 1 atom stereocenters. The maximum absolute atomic E-state index is 11.0. The lowest BCUT2D eigenvalue weighted by molar-refractivity contribution is -0.120. The van der Waals surface area contributed by atoms with Crippen molar-refractivity contribution in [3.8, 4) is 5.75 Å². The molecule has 5 nitrogen and oxygen atoms in total. The Morgan fingerprint density at radius 3 is 2.64 bits per heavy atom. The van der Waals surface area contributed by atoms with Gasteiger partial charge in [-0.05, 0) is 37.1 Å². The molecule has 122 valence electrons. The van der Waals surface area contributed by atoms with E-state index in [2.05, 4.69) is 10.2 Å². The predicted molar refractivity (Wildman–Crippen MR) is 86.2 cm³/mol. The normalized spacial score (nSPS) is 18.0. The molecule has 1 unspecified atom stereocenters. The number of rotatable bonds is 6. The number of nitrogens with one attached hydrogen (secondary N) is 1. The van der Waals surface area contributed by atoms with Crippen molar-refractivity contribution in [3.05, 3.63) is 29.3 Å². The highest BCUT2D eigenvalue weighted by Crippen LogP contribution is 2.16. The van der Waals surface area contributed by atoms with Crippen molar-refractivity contribution < 1.29 is 14.6 Å². The first-order chi connectivity index (χ1) is 10.5. The summed E-state index contributed by atoms with van der Waals surface area (Å²) in [6.07, 6.45) is 1.31.